The lowest BCUT2D eigenvalue weighted by Crippen LogP contribution is -2.28. The molecule has 0 saturated carbocycles. The Kier molecular flexibility index (Phi) is 4.68. The van der Waals surface area contributed by atoms with Crippen molar-refractivity contribution in [2.45, 2.75) is 25.2 Å². The largest absolute Gasteiger partial charge is 0.370 e. The van der Waals surface area contributed by atoms with Crippen LogP contribution in [-0.2, 0) is 4.79 Å². The van der Waals surface area contributed by atoms with Crippen LogP contribution in [0.4, 0.5) is 5.69 Å². The number of nitrogens with two attached hydrogens (primary N) is 1. The molecule has 2 rings (SSSR count). The number of amides is 1. The van der Waals surface area contributed by atoms with Gasteiger partial charge in [0.05, 0.1) is 4.92 Å². The fourth-order valence-corrected chi connectivity index (χ4v) is 2.70. The molecule has 1 fully saturated rings. The zero-order valence-corrected chi connectivity index (χ0v) is 11.3. The number of benzene rings is 1. The topological polar surface area (TPSA) is 89.5 Å². The van der Waals surface area contributed by atoms with Gasteiger partial charge in [-0.1, -0.05) is 12.1 Å². The van der Waals surface area contributed by atoms with E-state index in [9.17, 15) is 14.9 Å². The monoisotopic (exact) mass is 277 g/mol. The van der Waals surface area contributed by atoms with Crippen molar-refractivity contribution in [2.24, 2.45) is 5.73 Å². The van der Waals surface area contributed by atoms with Gasteiger partial charge in [0.1, 0.15) is 0 Å². The second kappa shape index (κ2) is 6.47. The van der Waals surface area contributed by atoms with Crippen LogP contribution in [0.15, 0.2) is 24.3 Å². The first-order valence-electron chi connectivity index (χ1n) is 6.81. The third-order valence-corrected chi connectivity index (χ3v) is 3.68. The molecule has 108 valence electrons. The Morgan fingerprint density at radius 3 is 2.70 bits per heavy atom. The van der Waals surface area contributed by atoms with Gasteiger partial charge >= 0.3 is 0 Å². The molecule has 0 bridgehead atoms. The third-order valence-electron chi connectivity index (χ3n) is 3.68. The predicted molar refractivity (Wildman–Crippen MR) is 75.3 cm³/mol. The standard InChI is InChI=1S/C14H19N3O3/c15-14(18)9-12(10-16-6-1-2-7-16)11-4-3-5-13(8-11)17(19)20/h3-5,8,12H,1-2,6-7,9-10H2,(H2,15,18)/t12-/m1/s1. The third kappa shape index (κ3) is 3.77. The van der Waals surface area contributed by atoms with E-state index in [1.165, 1.54) is 6.07 Å². The van der Waals surface area contributed by atoms with Crippen molar-refractivity contribution in [2.75, 3.05) is 19.6 Å². The molecule has 1 aromatic rings. The Labute approximate surface area is 117 Å². The van der Waals surface area contributed by atoms with Crippen molar-refractivity contribution in [3.63, 3.8) is 0 Å². The molecule has 1 aliphatic rings. The molecular formula is C14H19N3O3. The first kappa shape index (κ1) is 14.5. The second-order valence-electron chi connectivity index (χ2n) is 5.23. The van der Waals surface area contributed by atoms with Gasteiger partial charge in [0.2, 0.25) is 5.91 Å². The fraction of sp³-hybridized carbons (Fsp3) is 0.500. The summed E-state index contributed by atoms with van der Waals surface area (Å²) in [5.74, 6) is -0.453. The molecule has 0 spiro atoms. The van der Waals surface area contributed by atoms with Crippen LogP contribution in [-0.4, -0.2) is 35.4 Å². The van der Waals surface area contributed by atoms with E-state index in [1.54, 1.807) is 12.1 Å². The van der Waals surface area contributed by atoms with Crippen molar-refractivity contribution in [3.8, 4) is 0 Å². The number of non-ortho nitro benzene ring substituents is 1. The summed E-state index contributed by atoms with van der Waals surface area (Å²) in [6, 6.07) is 6.49. The summed E-state index contributed by atoms with van der Waals surface area (Å²) in [5, 5.41) is 10.8. The van der Waals surface area contributed by atoms with Gasteiger partial charge in [-0.05, 0) is 31.5 Å². The summed E-state index contributed by atoms with van der Waals surface area (Å²) < 4.78 is 0. The minimum atomic E-state index is -0.416. The maximum absolute atomic E-state index is 11.2. The Hall–Kier alpha value is -1.95. The van der Waals surface area contributed by atoms with Gasteiger partial charge in [-0.15, -0.1) is 0 Å². The Morgan fingerprint density at radius 1 is 1.40 bits per heavy atom. The summed E-state index contributed by atoms with van der Waals surface area (Å²) in [7, 11) is 0. The predicted octanol–water partition coefficient (Wildman–Crippen LogP) is 1.65. The summed E-state index contributed by atoms with van der Waals surface area (Å²) in [4.78, 5) is 24.0. The maximum atomic E-state index is 11.2. The highest BCUT2D eigenvalue weighted by Crippen LogP contribution is 2.25. The van der Waals surface area contributed by atoms with Crippen molar-refractivity contribution in [3.05, 3.63) is 39.9 Å². The summed E-state index contributed by atoms with van der Waals surface area (Å²) in [5.41, 5.74) is 6.18. The van der Waals surface area contributed by atoms with Crippen molar-refractivity contribution < 1.29 is 9.72 Å². The molecule has 20 heavy (non-hydrogen) atoms. The van der Waals surface area contributed by atoms with Crippen molar-refractivity contribution in [1.29, 1.82) is 0 Å². The zero-order chi connectivity index (χ0) is 14.5. The highest BCUT2D eigenvalue weighted by Gasteiger charge is 2.22. The molecule has 0 aromatic heterocycles. The number of nitrogens with zero attached hydrogens (tertiary/aromatic N) is 2. The Morgan fingerprint density at radius 2 is 2.10 bits per heavy atom. The van der Waals surface area contributed by atoms with E-state index in [2.05, 4.69) is 4.90 Å². The molecule has 1 aromatic carbocycles. The molecule has 1 amide bonds. The van der Waals surface area contributed by atoms with Crippen LogP contribution in [0.3, 0.4) is 0 Å². The molecule has 0 unspecified atom stereocenters. The van der Waals surface area contributed by atoms with Crippen molar-refractivity contribution in [1.82, 2.24) is 4.90 Å². The molecule has 1 saturated heterocycles. The molecule has 1 heterocycles. The van der Waals surface area contributed by atoms with Gasteiger partial charge in [0.15, 0.2) is 0 Å². The van der Waals surface area contributed by atoms with E-state index >= 15 is 0 Å². The Bertz CT molecular complexity index is 498. The van der Waals surface area contributed by atoms with Gasteiger partial charge in [0.25, 0.3) is 5.69 Å². The van der Waals surface area contributed by atoms with E-state index in [0.29, 0.717) is 0 Å². The van der Waals surface area contributed by atoms with E-state index in [0.717, 1.165) is 38.0 Å². The van der Waals surface area contributed by atoms with Gasteiger partial charge in [-0.2, -0.15) is 0 Å². The summed E-state index contributed by atoms with van der Waals surface area (Å²) in [6.45, 7) is 2.76. The van der Waals surface area contributed by atoms with Gasteiger partial charge in [-0.3, -0.25) is 14.9 Å². The van der Waals surface area contributed by atoms with E-state index < -0.39 is 4.92 Å². The number of rotatable bonds is 6. The maximum Gasteiger partial charge on any atom is 0.269 e. The SMILES string of the molecule is NC(=O)C[C@H](CN1CCCC1)c1cccc([N+](=O)[O-])c1. The normalized spacial score (nSPS) is 17.0. The average molecular weight is 277 g/mol. The fourth-order valence-electron chi connectivity index (χ4n) is 2.70. The number of hydrogen-bond acceptors (Lipinski definition) is 4. The lowest BCUT2D eigenvalue weighted by molar-refractivity contribution is -0.384. The van der Waals surface area contributed by atoms with E-state index in [1.807, 2.05) is 6.07 Å². The molecule has 6 nitrogen and oxygen atoms in total. The van der Waals surface area contributed by atoms with E-state index in [-0.39, 0.29) is 23.9 Å². The molecule has 0 radical (unpaired) electrons. The average Bonchev–Trinajstić information content (AvgIpc) is 2.90. The van der Waals surface area contributed by atoms with Gasteiger partial charge in [0, 0.05) is 31.0 Å². The number of nitro benzene ring substituents is 1. The van der Waals surface area contributed by atoms with Gasteiger partial charge < -0.3 is 10.6 Å². The first-order valence-corrected chi connectivity index (χ1v) is 6.81. The minimum Gasteiger partial charge on any atom is -0.370 e. The van der Waals surface area contributed by atoms with Crippen molar-refractivity contribution >= 4 is 11.6 Å². The lowest BCUT2D eigenvalue weighted by Gasteiger charge is -2.22. The molecule has 0 aliphatic carbocycles. The molecule has 1 atom stereocenters. The van der Waals surface area contributed by atoms with Crippen LogP contribution in [0.1, 0.15) is 30.7 Å². The number of carbonyl (C=O) groups is 1. The Balaban J connectivity index is 2.18. The minimum absolute atomic E-state index is 0.0541. The summed E-state index contributed by atoms with van der Waals surface area (Å²) in [6.07, 6.45) is 2.55. The van der Waals surface area contributed by atoms with Gasteiger partial charge in [-0.25, -0.2) is 0 Å². The smallest absolute Gasteiger partial charge is 0.269 e. The zero-order valence-electron chi connectivity index (χ0n) is 11.3. The number of hydrogen-bond donors (Lipinski definition) is 1. The second-order valence-corrected chi connectivity index (χ2v) is 5.23. The molecule has 2 N–H and O–H groups in total. The first-order chi connectivity index (χ1) is 9.56. The quantitative estimate of drug-likeness (QED) is 0.632. The molecular weight excluding hydrogens is 258 g/mol. The molecule has 6 heteroatoms. The van der Waals surface area contributed by atoms with Crippen LogP contribution >= 0.6 is 0 Å². The number of carbonyl (C=O) groups excluding carboxylic acids is 1. The van der Waals surface area contributed by atoms with Crippen LogP contribution in [0.5, 0.6) is 0 Å². The van der Waals surface area contributed by atoms with Crippen LogP contribution in [0.2, 0.25) is 0 Å². The van der Waals surface area contributed by atoms with E-state index in [4.69, 9.17) is 5.73 Å². The number of likely N-dealkylation sites (tertiary alicyclic amines) is 1. The van der Waals surface area contributed by atoms with Crippen LogP contribution in [0, 0.1) is 10.1 Å². The highest BCUT2D eigenvalue weighted by molar-refractivity contribution is 5.74. The number of primary amides is 1. The number of nitro groups is 1. The molecule has 1 aliphatic heterocycles. The van der Waals surface area contributed by atoms with Crippen LogP contribution in [0.25, 0.3) is 0 Å². The lowest BCUT2D eigenvalue weighted by atomic mass is 9.94. The summed E-state index contributed by atoms with van der Waals surface area (Å²) >= 11 is 0. The highest BCUT2D eigenvalue weighted by atomic mass is 16.6. The van der Waals surface area contributed by atoms with Crippen LogP contribution < -0.4 is 5.73 Å².